The first kappa shape index (κ1) is 12.1. The first-order valence-electron chi connectivity index (χ1n) is 5.56. The fraction of sp³-hybridized carbons (Fsp3) is 0.182. The number of hydrazine groups is 1. The average molecular weight is 245 g/mol. The number of nitrogens with zero attached hydrogens (tertiary/aromatic N) is 3. The molecule has 0 aliphatic rings. The molecule has 1 aromatic heterocycles. The van der Waals surface area contributed by atoms with Gasteiger partial charge in [-0.3, -0.25) is 15.5 Å². The van der Waals surface area contributed by atoms with E-state index in [0.717, 1.165) is 11.5 Å². The van der Waals surface area contributed by atoms with Crippen molar-refractivity contribution in [2.45, 2.75) is 6.42 Å². The Labute approximate surface area is 105 Å². The lowest BCUT2D eigenvalue weighted by atomic mass is 10.3. The Kier molecular flexibility index (Phi) is 4.26. The molecule has 1 aromatic carbocycles. The third-order valence-corrected chi connectivity index (χ3v) is 2.26. The van der Waals surface area contributed by atoms with Gasteiger partial charge >= 0.3 is 0 Å². The number of aromatic nitrogens is 3. The van der Waals surface area contributed by atoms with Crippen molar-refractivity contribution < 1.29 is 0 Å². The molecule has 7 nitrogen and oxygen atoms in total. The van der Waals surface area contributed by atoms with Crippen molar-refractivity contribution >= 4 is 11.6 Å². The van der Waals surface area contributed by atoms with E-state index in [-0.39, 0.29) is 0 Å². The zero-order valence-electron chi connectivity index (χ0n) is 9.80. The zero-order valence-corrected chi connectivity index (χ0v) is 9.80. The number of nitrogens with two attached hydrogens (primary N) is 1. The first-order chi connectivity index (χ1) is 8.88. The molecule has 94 valence electrons. The third kappa shape index (κ3) is 3.56. The molecule has 2 aromatic rings. The van der Waals surface area contributed by atoms with E-state index < -0.39 is 0 Å². The predicted octanol–water partition coefficient (Wildman–Crippen LogP) is 0.279. The van der Waals surface area contributed by atoms with E-state index in [1.54, 1.807) is 0 Å². The Morgan fingerprint density at radius 2 is 2.17 bits per heavy atom. The molecule has 0 saturated heterocycles. The quantitative estimate of drug-likeness (QED) is 0.268. The Morgan fingerprint density at radius 1 is 1.33 bits per heavy atom. The van der Waals surface area contributed by atoms with Gasteiger partial charge in [-0.05, 0) is 12.1 Å². The minimum atomic E-state index is 0.515. The molecular weight excluding hydrogens is 230 g/mol. The summed E-state index contributed by atoms with van der Waals surface area (Å²) in [7, 11) is 0. The monoisotopic (exact) mass is 245 g/mol. The van der Waals surface area contributed by atoms with Crippen molar-refractivity contribution in [1.82, 2.24) is 20.6 Å². The summed E-state index contributed by atoms with van der Waals surface area (Å²) in [6.45, 7) is 0.564. The summed E-state index contributed by atoms with van der Waals surface area (Å²) in [5.41, 5.74) is 3.45. The number of H-pyrrole nitrogens is 1. The molecule has 0 aliphatic carbocycles. The van der Waals surface area contributed by atoms with Gasteiger partial charge in [0.25, 0.3) is 0 Å². The molecule has 0 unspecified atom stereocenters. The van der Waals surface area contributed by atoms with Crippen LogP contribution in [0.25, 0.3) is 0 Å². The summed E-state index contributed by atoms with van der Waals surface area (Å²) in [5.74, 6) is 6.72. The summed E-state index contributed by atoms with van der Waals surface area (Å²) >= 11 is 0. The van der Waals surface area contributed by atoms with Crippen LogP contribution in [-0.2, 0) is 6.42 Å². The number of benzene rings is 1. The highest BCUT2D eigenvalue weighted by molar-refractivity contribution is 5.93. The van der Waals surface area contributed by atoms with E-state index in [2.05, 4.69) is 30.9 Å². The van der Waals surface area contributed by atoms with E-state index in [4.69, 9.17) is 5.84 Å². The highest BCUT2D eigenvalue weighted by Crippen LogP contribution is 2.04. The smallest absolute Gasteiger partial charge is 0.210 e. The first-order valence-corrected chi connectivity index (χ1v) is 5.56. The lowest BCUT2D eigenvalue weighted by molar-refractivity contribution is 0.863. The summed E-state index contributed by atoms with van der Waals surface area (Å²) < 4.78 is 0. The van der Waals surface area contributed by atoms with Crippen LogP contribution < -0.4 is 16.6 Å². The number of para-hydroxylation sites is 1. The summed E-state index contributed by atoms with van der Waals surface area (Å²) in [5, 5.41) is 9.62. The second kappa shape index (κ2) is 6.36. The van der Waals surface area contributed by atoms with Gasteiger partial charge in [-0.1, -0.05) is 18.2 Å². The maximum Gasteiger partial charge on any atom is 0.210 e. The second-order valence-electron chi connectivity index (χ2n) is 3.55. The van der Waals surface area contributed by atoms with Gasteiger partial charge in [-0.2, -0.15) is 5.10 Å². The van der Waals surface area contributed by atoms with Gasteiger partial charge in [0.1, 0.15) is 12.2 Å². The van der Waals surface area contributed by atoms with Crippen LogP contribution in [0.5, 0.6) is 0 Å². The van der Waals surface area contributed by atoms with Crippen molar-refractivity contribution in [3.63, 3.8) is 0 Å². The molecule has 0 saturated carbocycles. The number of rotatable bonds is 4. The van der Waals surface area contributed by atoms with Crippen LogP contribution in [0.3, 0.4) is 0 Å². The van der Waals surface area contributed by atoms with E-state index in [1.165, 1.54) is 6.33 Å². The molecule has 0 atom stereocenters. The molecule has 0 amide bonds. The van der Waals surface area contributed by atoms with Crippen LogP contribution in [0.15, 0.2) is 41.7 Å². The maximum atomic E-state index is 5.40. The fourth-order valence-electron chi connectivity index (χ4n) is 1.40. The molecule has 0 spiro atoms. The molecule has 0 radical (unpaired) electrons. The Balaban J connectivity index is 1.88. The fourth-order valence-corrected chi connectivity index (χ4v) is 1.40. The van der Waals surface area contributed by atoms with E-state index >= 15 is 0 Å². The zero-order chi connectivity index (χ0) is 12.6. The highest BCUT2D eigenvalue weighted by atomic mass is 15.3. The summed E-state index contributed by atoms with van der Waals surface area (Å²) in [6.07, 6.45) is 2.16. The number of anilines is 1. The van der Waals surface area contributed by atoms with Gasteiger partial charge in [0.05, 0.1) is 0 Å². The van der Waals surface area contributed by atoms with Gasteiger partial charge in [-0.15, -0.1) is 0 Å². The molecule has 0 aliphatic heterocycles. The molecular formula is C11H15N7. The topological polar surface area (TPSA) is 104 Å². The normalized spacial score (nSPS) is 11.3. The van der Waals surface area contributed by atoms with Crippen molar-refractivity contribution in [2.75, 3.05) is 11.9 Å². The van der Waals surface area contributed by atoms with E-state index in [0.29, 0.717) is 18.9 Å². The van der Waals surface area contributed by atoms with Gasteiger partial charge in [0, 0.05) is 18.7 Å². The molecule has 5 N–H and O–H groups in total. The average Bonchev–Trinajstić information content (AvgIpc) is 2.92. The minimum Gasteiger partial charge on any atom is -0.325 e. The van der Waals surface area contributed by atoms with Crippen LogP contribution >= 0.6 is 0 Å². The van der Waals surface area contributed by atoms with Crippen LogP contribution in [0.4, 0.5) is 5.69 Å². The van der Waals surface area contributed by atoms with Gasteiger partial charge in [-0.25, -0.2) is 10.8 Å². The number of aliphatic imine (C=N–C) groups is 1. The molecule has 0 fully saturated rings. The number of nitrogens with one attached hydrogen (secondary N) is 3. The highest BCUT2D eigenvalue weighted by Gasteiger charge is 1.98. The third-order valence-electron chi connectivity index (χ3n) is 2.26. The Hall–Kier alpha value is -2.41. The van der Waals surface area contributed by atoms with E-state index in [9.17, 15) is 0 Å². The number of aromatic amines is 1. The molecule has 18 heavy (non-hydrogen) atoms. The van der Waals surface area contributed by atoms with Crippen LogP contribution in [-0.4, -0.2) is 27.7 Å². The SMILES string of the molecule is NNC(=NCCc1ncn[nH]1)Nc1ccccc1. The standard InChI is InChI=1S/C11H15N7/c12-17-11(16-9-4-2-1-3-5-9)13-7-6-10-14-8-15-18-10/h1-5,8H,6-7,12H2,(H2,13,16,17)(H,14,15,18). The lowest BCUT2D eigenvalue weighted by Crippen LogP contribution is -2.36. The second-order valence-corrected chi connectivity index (χ2v) is 3.55. The van der Waals surface area contributed by atoms with E-state index in [1.807, 2.05) is 30.3 Å². The Morgan fingerprint density at radius 3 is 2.83 bits per heavy atom. The predicted molar refractivity (Wildman–Crippen MR) is 69.8 cm³/mol. The van der Waals surface area contributed by atoms with Gasteiger partial charge < -0.3 is 5.32 Å². The number of hydrogen-bond donors (Lipinski definition) is 4. The molecule has 0 bridgehead atoms. The van der Waals surface area contributed by atoms with Crippen molar-refractivity contribution in [3.05, 3.63) is 42.5 Å². The number of guanidine groups is 1. The van der Waals surface area contributed by atoms with Crippen molar-refractivity contribution in [2.24, 2.45) is 10.8 Å². The van der Waals surface area contributed by atoms with Crippen LogP contribution in [0, 0.1) is 0 Å². The van der Waals surface area contributed by atoms with Crippen LogP contribution in [0.1, 0.15) is 5.82 Å². The number of hydrogen-bond acceptors (Lipinski definition) is 4. The summed E-state index contributed by atoms with van der Waals surface area (Å²) in [4.78, 5) is 8.31. The Bertz CT molecular complexity index is 477. The molecule has 1 heterocycles. The van der Waals surface area contributed by atoms with Crippen molar-refractivity contribution in [1.29, 1.82) is 0 Å². The van der Waals surface area contributed by atoms with Crippen LogP contribution in [0.2, 0.25) is 0 Å². The van der Waals surface area contributed by atoms with Gasteiger partial charge in [0.15, 0.2) is 0 Å². The molecule has 2 rings (SSSR count). The van der Waals surface area contributed by atoms with Crippen molar-refractivity contribution in [3.8, 4) is 0 Å². The largest absolute Gasteiger partial charge is 0.325 e. The summed E-state index contributed by atoms with van der Waals surface area (Å²) in [6, 6.07) is 9.68. The molecule has 7 heteroatoms. The van der Waals surface area contributed by atoms with Gasteiger partial charge in [0.2, 0.25) is 5.96 Å². The maximum absolute atomic E-state index is 5.40. The lowest BCUT2D eigenvalue weighted by Gasteiger charge is -2.08. The minimum absolute atomic E-state index is 0.515.